The van der Waals surface area contributed by atoms with Crippen LogP contribution in [0.25, 0.3) is 0 Å². The second-order valence-corrected chi connectivity index (χ2v) is 7.10. The number of amides is 1. The summed E-state index contributed by atoms with van der Waals surface area (Å²) in [5.74, 6) is -2.84. The van der Waals surface area contributed by atoms with Crippen molar-refractivity contribution >= 4 is 15.9 Å². The summed E-state index contributed by atoms with van der Waals surface area (Å²) >= 11 is 0. The Morgan fingerprint density at radius 3 is 2.32 bits per heavy atom. The number of para-hydroxylation sites is 1. The van der Waals surface area contributed by atoms with E-state index < -0.39 is 32.5 Å². The Bertz CT molecular complexity index is 1060. The van der Waals surface area contributed by atoms with Gasteiger partial charge in [0.05, 0.1) is 0 Å². The van der Waals surface area contributed by atoms with Gasteiger partial charge in [-0.3, -0.25) is 10.2 Å². The first-order chi connectivity index (χ1) is 13.4. The van der Waals surface area contributed by atoms with Crippen LogP contribution in [-0.2, 0) is 16.6 Å². The Kier molecular flexibility index (Phi) is 5.71. The number of benzene rings is 2. The Morgan fingerprint density at radius 1 is 0.964 bits per heavy atom. The molecule has 10 heteroatoms. The number of carbonyl (C=O) groups excluding carboxylic acids is 1. The number of rotatable bonds is 7. The van der Waals surface area contributed by atoms with Crippen molar-refractivity contribution in [1.29, 1.82) is 0 Å². The van der Waals surface area contributed by atoms with Crippen molar-refractivity contribution < 1.29 is 31.1 Å². The van der Waals surface area contributed by atoms with Crippen LogP contribution in [0.2, 0.25) is 0 Å². The van der Waals surface area contributed by atoms with Crippen molar-refractivity contribution in [3.63, 3.8) is 0 Å². The fraction of sp³-hybridized carbons (Fsp3) is 0.0556. The molecule has 2 N–H and O–H groups in total. The third-order valence-electron chi connectivity index (χ3n) is 3.50. The fourth-order valence-electron chi connectivity index (χ4n) is 2.21. The molecular weight excluding hydrogens is 394 g/mol. The molecule has 146 valence electrons. The maximum Gasteiger partial charge on any atom is 0.301 e. The number of hydrogen-bond donors (Lipinski definition) is 2. The molecule has 7 nitrogen and oxygen atoms in total. The maximum absolute atomic E-state index is 13.6. The Labute approximate surface area is 159 Å². The molecule has 3 rings (SSSR count). The smallest absolute Gasteiger partial charge is 0.301 e. The maximum atomic E-state index is 13.6. The molecule has 0 aliphatic carbocycles. The molecule has 1 heterocycles. The molecule has 28 heavy (non-hydrogen) atoms. The van der Waals surface area contributed by atoms with Crippen LogP contribution in [0.1, 0.15) is 16.3 Å². The van der Waals surface area contributed by atoms with Crippen LogP contribution in [-0.4, -0.2) is 14.3 Å². The van der Waals surface area contributed by atoms with E-state index in [2.05, 4.69) is 0 Å². The van der Waals surface area contributed by atoms with Gasteiger partial charge in [0, 0.05) is 0 Å². The molecule has 2 aromatic carbocycles. The highest BCUT2D eigenvalue weighted by Crippen LogP contribution is 2.18. The first kappa shape index (κ1) is 19.5. The minimum atomic E-state index is -4.66. The Balaban J connectivity index is 1.62. The molecule has 0 aliphatic heterocycles. The van der Waals surface area contributed by atoms with E-state index in [1.807, 2.05) is 11.5 Å². The average Bonchev–Trinajstić information content (AvgIpc) is 3.14. The van der Waals surface area contributed by atoms with Crippen molar-refractivity contribution in [2.24, 2.45) is 0 Å². The molecule has 0 atom stereocenters. The van der Waals surface area contributed by atoms with Crippen LogP contribution in [0.3, 0.4) is 0 Å². The van der Waals surface area contributed by atoms with Crippen LogP contribution >= 0.6 is 0 Å². The predicted octanol–water partition coefficient (Wildman–Crippen LogP) is 2.76. The van der Waals surface area contributed by atoms with E-state index in [1.165, 1.54) is 12.1 Å². The third-order valence-corrected chi connectivity index (χ3v) is 4.79. The van der Waals surface area contributed by atoms with Crippen molar-refractivity contribution in [2.75, 3.05) is 0 Å². The Morgan fingerprint density at radius 2 is 1.64 bits per heavy atom. The number of sulfonamides is 1. The summed E-state index contributed by atoms with van der Waals surface area (Å²) in [6, 6.07) is 14.3. The monoisotopic (exact) mass is 408 g/mol. The molecule has 0 unspecified atom stereocenters. The van der Waals surface area contributed by atoms with E-state index in [9.17, 15) is 22.0 Å². The van der Waals surface area contributed by atoms with E-state index in [-0.39, 0.29) is 12.4 Å². The lowest BCUT2D eigenvalue weighted by Crippen LogP contribution is -2.42. The zero-order valence-electron chi connectivity index (χ0n) is 14.2. The minimum absolute atomic E-state index is 0.0451. The van der Waals surface area contributed by atoms with Gasteiger partial charge in [-0.25, -0.2) is 17.2 Å². The van der Waals surface area contributed by atoms with E-state index in [4.69, 9.17) is 9.15 Å². The summed E-state index contributed by atoms with van der Waals surface area (Å²) in [5.41, 5.74) is 1.83. The van der Waals surface area contributed by atoms with E-state index in [1.54, 1.807) is 29.1 Å². The molecule has 0 saturated heterocycles. The minimum Gasteiger partial charge on any atom is -0.486 e. The van der Waals surface area contributed by atoms with Crippen LogP contribution < -0.4 is 15.0 Å². The van der Waals surface area contributed by atoms with Gasteiger partial charge in [-0.2, -0.15) is 0 Å². The summed E-state index contributed by atoms with van der Waals surface area (Å²) < 4.78 is 62.0. The van der Waals surface area contributed by atoms with Crippen molar-refractivity contribution in [3.05, 3.63) is 83.8 Å². The van der Waals surface area contributed by atoms with Gasteiger partial charge in [0.25, 0.3) is 10.0 Å². The molecule has 0 aliphatic rings. The Hall–Kier alpha value is -3.24. The summed E-state index contributed by atoms with van der Waals surface area (Å²) in [4.78, 5) is 12.4. The highest BCUT2D eigenvalue weighted by molar-refractivity contribution is 7.89. The van der Waals surface area contributed by atoms with E-state index in [0.717, 1.165) is 18.2 Å². The first-order valence-corrected chi connectivity index (χ1v) is 9.38. The second kappa shape index (κ2) is 8.19. The zero-order chi connectivity index (χ0) is 20.1. The van der Waals surface area contributed by atoms with Crippen LogP contribution in [0, 0.1) is 11.6 Å². The van der Waals surface area contributed by atoms with Crippen molar-refractivity contribution in [3.8, 4) is 5.75 Å². The fourth-order valence-corrected chi connectivity index (χ4v) is 3.19. The summed E-state index contributed by atoms with van der Waals surface area (Å²) in [6.07, 6.45) is 0. The summed E-state index contributed by atoms with van der Waals surface area (Å²) in [5, 5.41) is 0. The van der Waals surface area contributed by atoms with Crippen LogP contribution in [0.5, 0.6) is 5.75 Å². The van der Waals surface area contributed by atoms with Crippen molar-refractivity contribution in [2.45, 2.75) is 11.5 Å². The number of halogens is 2. The molecular formula is C18H14F2N2O5S. The van der Waals surface area contributed by atoms with Gasteiger partial charge in [0.1, 0.15) is 29.8 Å². The highest BCUT2D eigenvalue weighted by Gasteiger charge is 2.25. The highest BCUT2D eigenvalue weighted by atomic mass is 32.2. The molecule has 3 aromatic rings. The molecule has 0 radical (unpaired) electrons. The molecule has 1 aromatic heterocycles. The van der Waals surface area contributed by atoms with Crippen LogP contribution in [0.15, 0.2) is 70.0 Å². The summed E-state index contributed by atoms with van der Waals surface area (Å²) in [6.45, 7) is 0.0451. The molecule has 1 amide bonds. The van der Waals surface area contributed by atoms with Gasteiger partial charge in [0.2, 0.25) is 0 Å². The van der Waals surface area contributed by atoms with Crippen molar-refractivity contribution in [1.82, 2.24) is 10.3 Å². The quantitative estimate of drug-likeness (QED) is 0.586. The first-order valence-electron chi connectivity index (χ1n) is 7.89. The topological polar surface area (TPSA) is 97.6 Å². The number of ether oxygens (including phenoxy) is 1. The SMILES string of the molecule is O=C(NNS(=O)(=O)c1c(F)cccc1F)c1ccc(COc2ccccc2)o1. The van der Waals surface area contributed by atoms with Gasteiger partial charge in [0.15, 0.2) is 10.7 Å². The van der Waals surface area contributed by atoms with Gasteiger partial charge in [-0.1, -0.05) is 24.3 Å². The largest absolute Gasteiger partial charge is 0.486 e. The third kappa shape index (κ3) is 4.53. The molecule has 0 saturated carbocycles. The van der Waals surface area contributed by atoms with E-state index in [0.29, 0.717) is 11.5 Å². The molecule has 0 spiro atoms. The number of hydrazine groups is 1. The lowest BCUT2D eigenvalue weighted by atomic mass is 10.3. The second-order valence-electron chi connectivity index (χ2n) is 5.48. The number of furan rings is 1. The predicted molar refractivity (Wildman–Crippen MR) is 93.6 cm³/mol. The van der Waals surface area contributed by atoms with E-state index >= 15 is 0 Å². The lowest BCUT2D eigenvalue weighted by molar-refractivity contribution is 0.0913. The normalized spacial score (nSPS) is 11.2. The number of hydrogen-bond acceptors (Lipinski definition) is 5. The molecule has 0 fully saturated rings. The number of nitrogens with one attached hydrogen (secondary N) is 2. The van der Waals surface area contributed by atoms with Gasteiger partial charge < -0.3 is 9.15 Å². The van der Waals surface area contributed by atoms with Crippen LogP contribution in [0.4, 0.5) is 8.78 Å². The standard InChI is InChI=1S/C18H14F2N2O5S/c19-14-7-4-8-15(20)17(14)28(24,25)22-21-18(23)16-10-9-13(27-16)11-26-12-5-2-1-3-6-12/h1-10,22H,11H2,(H,21,23). The zero-order valence-corrected chi connectivity index (χ0v) is 15.0. The van der Waals surface area contributed by atoms with Gasteiger partial charge in [-0.15, -0.1) is 4.83 Å². The number of carbonyl (C=O) groups is 1. The lowest BCUT2D eigenvalue weighted by Gasteiger charge is -2.09. The van der Waals surface area contributed by atoms with Gasteiger partial charge >= 0.3 is 5.91 Å². The summed E-state index contributed by atoms with van der Waals surface area (Å²) in [7, 11) is -4.66. The molecule has 0 bridgehead atoms. The van der Waals surface area contributed by atoms with Gasteiger partial charge in [-0.05, 0) is 36.4 Å². The average molecular weight is 408 g/mol.